The van der Waals surface area contributed by atoms with E-state index in [1.165, 1.54) is 24.3 Å². The standard InChI is InChI=1S/C15H13BrN2O3/c1-9-6-13(16)14(7-10(9)2)17-15(19)11-4-3-5-12(8-11)18(20)21/h3-8H,1-2H3,(H,17,19). The van der Waals surface area contributed by atoms with Gasteiger partial charge in [0, 0.05) is 22.2 Å². The summed E-state index contributed by atoms with van der Waals surface area (Å²) in [5.74, 6) is -0.386. The third kappa shape index (κ3) is 3.46. The van der Waals surface area contributed by atoms with E-state index in [0.717, 1.165) is 15.6 Å². The second-order valence-electron chi connectivity index (χ2n) is 4.68. The third-order valence-corrected chi connectivity index (χ3v) is 3.81. The van der Waals surface area contributed by atoms with E-state index in [-0.39, 0.29) is 17.2 Å². The molecule has 0 unspecified atom stereocenters. The Labute approximate surface area is 130 Å². The number of carbonyl (C=O) groups is 1. The van der Waals surface area contributed by atoms with Crippen LogP contribution in [-0.4, -0.2) is 10.8 Å². The minimum atomic E-state index is -0.525. The Morgan fingerprint density at radius 2 is 1.86 bits per heavy atom. The molecule has 2 aromatic carbocycles. The highest BCUT2D eigenvalue weighted by molar-refractivity contribution is 9.10. The van der Waals surface area contributed by atoms with Crippen molar-refractivity contribution in [3.05, 3.63) is 67.7 Å². The highest BCUT2D eigenvalue weighted by Crippen LogP contribution is 2.26. The zero-order valence-electron chi connectivity index (χ0n) is 11.5. The maximum absolute atomic E-state index is 12.2. The summed E-state index contributed by atoms with van der Waals surface area (Å²) in [4.78, 5) is 22.4. The van der Waals surface area contributed by atoms with E-state index in [0.29, 0.717) is 5.69 Å². The molecule has 0 saturated heterocycles. The minimum Gasteiger partial charge on any atom is -0.321 e. The smallest absolute Gasteiger partial charge is 0.270 e. The number of anilines is 1. The van der Waals surface area contributed by atoms with Crippen LogP contribution in [0, 0.1) is 24.0 Å². The van der Waals surface area contributed by atoms with Crippen LogP contribution in [0.5, 0.6) is 0 Å². The predicted molar refractivity (Wildman–Crippen MR) is 84.7 cm³/mol. The number of rotatable bonds is 3. The lowest BCUT2D eigenvalue weighted by Crippen LogP contribution is -2.12. The monoisotopic (exact) mass is 348 g/mol. The number of carbonyl (C=O) groups excluding carboxylic acids is 1. The first kappa shape index (κ1) is 15.2. The second-order valence-corrected chi connectivity index (χ2v) is 5.53. The van der Waals surface area contributed by atoms with Crippen molar-refractivity contribution in [1.82, 2.24) is 0 Å². The van der Waals surface area contributed by atoms with Crippen LogP contribution >= 0.6 is 15.9 Å². The van der Waals surface area contributed by atoms with E-state index in [1.54, 1.807) is 0 Å². The molecule has 0 aliphatic heterocycles. The van der Waals surface area contributed by atoms with Gasteiger partial charge in [-0.1, -0.05) is 6.07 Å². The lowest BCUT2D eigenvalue weighted by molar-refractivity contribution is -0.384. The van der Waals surface area contributed by atoms with Gasteiger partial charge in [0.1, 0.15) is 0 Å². The lowest BCUT2D eigenvalue weighted by Gasteiger charge is -2.10. The molecule has 6 heteroatoms. The first-order chi connectivity index (χ1) is 9.88. The summed E-state index contributed by atoms with van der Waals surface area (Å²) in [7, 11) is 0. The van der Waals surface area contributed by atoms with Crippen LogP contribution < -0.4 is 5.32 Å². The van der Waals surface area contributed by atoms with Crippen LogP contribution in [0.3, 0.4) is 0 Å². The molecule has 1 amide bonds. The van der Waals surface area contributed by atoms with E-state index in [1.807, 2.05) is 26.0 Å². The van der Waals surface area contributed by atoms with Gasteiger partial charge in [-0.25, -0.2) is 0 Å². The number of amides is 1. The predicted octanol–water partition coefficient (Wildman–Crippen LogP) is 4.23. The molecule has 0 spiro atoms. The number of nitro benzene ring substituents is 1. The van der Waals surface area contributed by atoms with Crippen LogP contribution in [0.4, 0.5) is 11.4 Å². The fraction of sp³-hybridized carbons (Fsp3) is 0.133. The molecule has 0 aliphatic rings. The van der Waals surface area contributed by atoms with E-state index in [4.69, 9.17) is 0 Å². The van der Waals surface area contributed by atoms with E-state index in [2.05, 4.69) is 21.2 Å². The number of hydrogen-bond acceptors (Lipinski definition) is 3. The first-order valence-corrected chi connectivity index (χ1v) is 7.00. The fourth-order valence-corrected chi connectivity index (χ4v) is 2.39. The maximum Gasteiger partial charge on any atom is 0.270 e. The van der Waals surface area contributed by atoms with Gasteiger partial charge in [-0.15, -0.1) is 0 Å². The number of hydrogen-bond donors (Lipinski definition) is 1. The van der Waals surface area contributed by atoms with Crippen molar-refractivity contribution >= 4 is 33.2 Å². The molecular weight excluding hydrogens is 336 g/mol. The van der Waals surface area contributed by atoms with Crippen LogP contribution in [0.15, 0.2) is 40.9 Å². The number of benzene rings is 2. The first-order valence-electron chi connectivity index (χ1n) is 6.21. The zero-order chi connectivity index (χ0) is 15.6. The summed E-state index contributed by atoms with van der Waals surface area (Å²) in [6.07, 6.45) is 0. The Morgan fingerprint density at radius 3 is 2.52 bits per heavy atom. The van der Waals surface area contributed by atoms with E-state index < -0.39 is 4.92 Å². The number of non-ortho nitro benzene ring substituents is 1. The molecule has 0 fully saturated rings. The molecule has 0 saturated carbocycles. The molecule has 0 bridgehead atoms. The molecule has 0 aromatic heterocycles. The molecule has 21 heavy (non-hydrogen) atoms. The van der Waals surface area contributed by atoms with Crippen LogP contribution in [-0.2, 0) is 0 Å². The van der Waals surface area contributed by atoms with Crippen molar-refractivity contribution in [2.24, 2.45) is 0 Å². The number of halogens is 1. The van der Waals surface area contributed by atoms with Crippen molar-refractivity contribution in [1.29, 1.82) is 0 Å². The largest absolute Gasteiger partial charge is 0.321 e. The quantitative estimate of drug-likeness (QED) is 0.666. The topological polar surface area (TPSA) is 72.2 Å². The second kappa shape index (κ2) is 6.05. The van der Waals surface area contributed by atoms with Gasteiger partial charge in [-0.2, -0.15) is 0 Å². The summed E-state index contributed by atoms with van der Waals surface area (Å²) in [6.45, 7) is 3.93. The van der Waals surface area contributed by atoms with Crippen molar-refractivity contribution in [2.75, 3.05) is 5.32 Å². The summed E-state index contributed by atoms with van der Waals surface area (Å²) in [6, 6.07) is 9.40. The number of nitro groups is 1. The molecule has 5 nitrogen and oxygen atoms in total. The highest BCUT2D eigenvalue weighted by atomic mass is 79.9. The SMILES string of the molecule is Cc1cc(Br)c(NC(=O)c2cccc([N+](=O)[O-])c2)cc1C. The van der Waals surface area contributed by atoms with Crippen LogP contribution in [0.1, 0.15) is 21.5 Å². The Kier molecular flexibility index (Phi) is 4.37. The maximum atomic E-state index is 12.2. The van der Waals surface area contributed by atoms with E-state index >= 15 is 0 Å². The molecule has 2 aromatic rings. The van der Waals surface area contributed by atoms with Crippen molar-refractivity contribution < 1.29 is 9.72 Å². The minimum absolute atomic E-state index is 0.109. The normalized spacial score (nSPS) is 10.2. The van der Waals surface area contributed by atoms with E-state index in [9.17, 15) is 14.9 Å². The van der Waals surface area contributed by atoms with Crippen molar-refractivity contribution in [3.8, 4) is 0 Å². The van der Waals surface area contributed by atoms with Gasteiger partial charge in [-0.05, 0) is 59.1 Å². The molecule has 0 heterocycles. The van der Waals surface area contributed by atoms with Gasteiger partial charge in [-0.3, -0.25) is 14.9 Å². The molecular formula is C15H13BrN2O3. The Morgan fingerprint density at radius 1 is 1.19 bits per heavy atom. The molecule has 1 N–H and O–H groups in total. The fourth-order valence-electron chi connectivity index (χ4n) is 1.83. The summed E-state index contributed by atoms with van der Waals surface area (Å²) in [5.41, 5.74) is 2.92. The van der Waals surface area contributed by atoms with Gasteiger partial charge in [0.15, 0.2) is 0 Å². The Hall–Kier alpha value is -2.21. The lowest BCUT2D eigenvalue weighted by atomic mass is 10.1. The van der Waals surface area contributed by atoms with Crippen molar-refractivity contribution in [2.45, 2.75) is 13.8 Å². The Balaban J connectivity index is 2.28. The summed E-state index contributed by atoms with van der Waals surface area (Å²) >= 11 is 3.40. The average Bonchev–Trinajstić information content (AvgIpc) is 2.44. The summed E-state index contributed by atoms with van der Waals surface area (Å²) < 4.78 is 0.768. The third-order valence-electron chi connectivity index (χ3n) is 3.15. The van der Waals surface area contributed by atoms with Gasteiger partial charge >= 0.3 is 0 Å². The highest BCUT2D eigenvalue weighted by Gasteiger charge is 2.13. The Bertz CT molecular complexity index is 729. The molecule has 0 radical (unpaired) electrons. The molecule has 108 valence electrons. The van der Waals surface area contributed by atoms with Gasteiger partial charge in [0.2, 0.25) is 0 Å². The molecule has 0 atom stereocenters. The molecule has 0 aliphatic carbocycles. The molecule has 2 rings (SSSR count). The zero-order valence-corrected chi connectivity index (χ0v) is 13.1. The average molecular weight is 349 g/mol. The number of nitrogens with zero attached hydrogens (tertiary/aromatic N) is 1. The number of nitrogens with one attached hydrogen (secondary N) is 1. The van der Waals surface area contributed by atoms with Crippen molar-refractivity contribution in [3.63, 3.8) is 0 Å². The van der Waals surface area contributed by atoms with Gasteiger partial charge in [0.25, 0.3) is 11.6 Å². The van der Waals surface area contributed by atoms with Crippen LogP contribution in [0.25, 0.3) is 0 Å². The summed E-state index contributed by atoms with van der Waals surface area (Å²) in [5, 5.41) is 13.5. The van der Waals surface area contributed by atoms with Gasteiger partial charge < -0.3 is 5.32 Å². The number of aryl methyl sites for hydroxylation is 2. The van der Waals surface area contributed by atoms with Gasteiger partial charge in [0.05, 0.1) is 10.6 Å². The van der Waals surface area contributed by atoms with Crippen LogP contribution in [0.2, 0.25) is 0 Å².